The van der Waals surface area contributed by atoms with Crippen molar-refractivity contribution < 1.29 is 4.79 Å². The van der Waals surface area contributed by atoms with Crippen molar-refractivity contribution in [3.8, 4) is 23.3 Å². The number of amides is 1. The molecule has 2 heterocycles. The van der Waals surface area contributed by atoms with Crippen molar-refractivity contribution in [1.29, 1.82) is 10.5 Å². The summed E-state index contributed by atoms with van der Waals surface area (Å²) in [7, 11) is 0. The first-order chi connectivity index (χ1) is 13.0. The number of benzene rings is 1. The predicted molar refractivity (Wildman–Crippen MR) is 105 cm³/mol. The summed E-state index contributed by atoms with van der Waals surface area (Å²) in [5.41, 5.74) is 7.42. The summed E-state index contributed by atoms with van der Waals surface area (Å²) in [6.07, 6.45) is 2.03. The molecule has 1 aliphatic rings. The Morgan fingerprint density at radius 2 is 1.81 bits per heavy atom. The third-order valence-electron chi connectivity index (χ3n) is 4.34. The van der Waals surface area contributed by atoms with Gasteiger partial charge in [0.2, 0.25) is 5.91 Å². The number of nitrogen functional groups attached to an aromatic ring is 1. The lowest BCUT2D eigenvalue weighted by Crippen LogP contribution is -2.29. The van der Waals surface area contributed by atoms with Gasteiger partial charge in [0.15, 0.2) is 0 Å². The van der Waals surface area contributed by atoms with Gasteiger partial charge in [-0.05, 0) is 30.5 Å². The zero-order chi connectivity index (χ0) is 19.4. The second kappa shape index (κ2) is 8.30. The molecule has 0 spiro atoms. The first kappa shape index (κ1) is 19.0. The van der Waals surface area contributed by atoms with E-state index in [9.17, 15) is 15.3 Å². The first-order valence-electron chi connectivity index (χ1n) is 8.35. The number of nitrogens with zero attached hydrogens (tertiary/aromatic N) is 4. The van der Waals surface area contributed by atoms with E-state index in [0.717, 1.165) is 25.9 Å². The average Bonchev–Trinajstić information content (AvgIpc) is 3.21. The fraction of sp³-hybridized carbons (Fsp3) is 0.263. The van der Waals surface area contributed by atoms with E-state index >= 15 is 0 Å². The zero-order valence-electron chi connectivity index (χ0n) is 14.4. The normalized spacial score (nSPS) is 13.2. The molecular formula is C19H16ClN5OS. The van der Waals surface area contributed by atoms with Crippen LogP contribution >= 0.6 is 23.4 Å². The smallest absolute Gasteiger partial charge is 0.232 e. The zero-order valence-corrected chi connectivity index (χ0v) is 16.0. The average molecular weight is 398 g/mol. The van der Waals surface area contributed by atoms with Crippen molar-refractivity contribution in [2.75, 3.05) is 24.6 Å². The third kappa shape index (κ3) is 4.00. The molecule has 1 amide bonds. The van der Waals surface area contributed by atoms with Crippen LogP contribution in [0.4, 0.5) is 5.82 Å². The fourth-order valence-corrected chi connectivity index (χ4v) is 4.02. The maximum atomic E-state index is 12.3. The minimum Gasteiger partial charge on any atom is -0.383 e. The van der Waals surface area contributed by atoms with Gasteiger partial charge in [-0.1, -0.05) is 35.5 Å². The second-order valence-corrected chi connectivity index (χ2v) is 7.43. The van der Waals surface area contributed by atoms with Crippen molar-refractivity contribution in [2.24, 2.45) is 0 Å². The highest BCUT2D eigenvalue weighted by Crippen LogP contribution is 2.36. The number of rotatable bonds is 4. The largest absolute Gasteiger partial charge is 0.383 e. The topological polar surface area (TPSA) is 107 Å². The number of thioether (sulfide) groups is 1. The Morgan fingerprint density at radius 1 is 1.19 bits per heavy atom. The summed E-state index contributed by atoms with van der Waals surface area (Å²) in [6.45, 7) is 1.53. The molecule has 0 atom stereocenters. The van der Waals surface area contributed by atoms with Gasteiger partial charge in [0, 0.05) is 23.7 Å². The van der Waals surface area contributed by atoms with Gasteiger partial charge in [0.05, 0.1) is 11.3 Å². The summed E-state index contributed by atoms with van der Waals surface area (Å²) in [6, 6.07) is 11.0. The molecule has 2 aromatic rings. The van der Waals surface area contributed by atoms with Crippen molar-refractivity contribution >= 4 is 35.1 Å². The summed E-state index contributed by atoms with van der Waals surface area (Å²) >= 11 is 7.11. The Hall–Kier alpha value is -2.74. The van der Waals surface area contributed by atoms with Crippen molar-refractivity contribution in [1.82, 2.24) is 9.88 Å². The number of likely N-dealkylation sites (tertiary alicyclic amines) is 1. The highest BCUT2D eigenvalue weighted by molar-refractivity contribution is 8.00. The molecule has 3 rings (SSSR count). The molecule has 1 aliphatic heterocycles. The number of carbonyl (C=O) groups excluding carboxylic acids is 1. The molecule has 0 radical (unpaired) electrons. The van der Waals surface area contributed by atoms with Crippen molar-refractivity contribution in [3.63, 3.8) is 0 Å². The molecular weight excluding hydrogens is 382 g/mol. The fourth-order valence-electron chi connectivity index (χ4n) is 3.00. The van der Waals surface area contributed by atoms with E-state index in [0.29, 0.717) is 21.2 Å². The summed E-state index contributed by atoms with van der Waals surface area (Å²) < 4.78 is 0. The molecule has 1 aromatic heterocycles. The van der Waals surface area contributed by atoms with Crippen LogP contribution in [0.15, 0.2) is 29.3 Å². The number of nitrogens with two attached hydrogens (primary N) is 1. The van der Waals surface area contributed by atoms with E-state index in [2.05, 4.69) is 11.1 Å². The van der Waals surface area contributed by atoms with Crippen LogP contribution in [0.25, 0.3) is 11.1 Å². The van der Waals surface area contributed by atoms with Crippen LogP contribution in [-0.4, -0.2) is 34.6 Å². The molecule has 0 bridgehead atoms. The summed E-state index contributed by atoms with van der Waals surface area (Å²) in [4.78, 5) is 18.3. The van der Waals surface area contributed by atoms with Gasteiger partial charge >= 0.3 is 0 Å². The van der Waals surface area contributed by atoms with Crippen LogP contribution in [-0.2, 0) is 4.79 Å². The molecule has 0 aliphatic carbocycles. The lowest BCUT2D eigenvalue weighted by molar-refractivity contribution is -0.127. The Morgan fingerprint density at radius 3 is 2.41 bits per heavy atom. The van der Waals surface area contributed by atoms with Crippen LogP contribution in [0.3, 0.4) is 0 Å². The Labute approximate surface area is 166 Å². The number of aromatic nitrogens is 1. The second-order valence-electron chi connectivity index (χ2n) is 6.03. The highest BCUT2D eigenvalue weighted by atomic mass is 35.5. The molecule has 1 fully saturated rings. The maximum Gasteiger partial charge on any atom is 0.232 e. The summed E-state index contributed by atoms with van der Waals surface area (Å²) in [5.74, 6) is 0.226. The standard InChI is InChI=1S/C19H16ClN5OS/c20-13-5-3-12(4-6-13)17-14(9-21)18(23)24-19(15(17)10-22)27-11-16(26)25-7-1-2-8-25/h3-6H,1-2,7-8,11H2,(H2,23,24). The Bertz CT molecular complexity index is 956. The number of hydrogen-bond donors (Lipinski definition) is 1. The van der Waals surface area contributed by atoms with E-state index in [1.807, 2.05) is 11.0 Å². The molecule has 8 heteroatoms. The maximum absolute atomic E-state index is 12.3. The first-order valence-corrected chi connectivity index (χ1v) is 9.71. The molecule has 136 valence electrons. The van der Waals surface area contributed by atoms with Gasteiger partial charge in [-0.15, -0.1) is 0 Å². The van der Waals surface area contributed by atoms with E-state index in [-0.39, 0.29) is 28.6 Å². The Kier molecular flexibility index (Phi) is 5.85. The number of halogens is 1. The van der Waals surface area contributed by atoms with E-state index in [4.69, 9.17) is 17.3 Å². The minimum absolute atomic E-state index is 0.0131. The van der Waals surface area contributed by atoms with Gasteiger partial charge in [0.1, 0.15) is 28.5 Å². The monoisotopic (exact) mass is 397 g/mol. The van der Waals surface area contributed by atoms with Gasteiger partial charge in [-0.25, -0.2) is 4.98 Å². The Balaban J connectivity index is 2.00. The van der Waals surface area contributed by atoms with Crippen LogP contribution in [0, 0.1) is 22.7 Å². The lowest BCUT2D eigenvalue weighted by atomic mass is 9.97. The number of hydrogen-bond acceptors (Lipinski definition) is 6. The predicted octanol–water partition coefficient (Wildman–Crippen LogP) is 3.44. The molecule has 1 aromatic carbocycles. The number of anilines is 1. The van der Waals surface area contributed by atoms with E-state index < -0.39 is 0 Å². The van der Waals surface area contributed by atoms with E-state index in [1.165, 1.54) is 11.8 Å². The SMILES string of the molecule is N#Cc1c(N)nc(SCC(=O)N2CCCC2)c(C#N)c1-c1ccc(Cl)cc1. The van der Waals surface area contributed by atoms with Crippen LogP contribution in [0.1, 0.15) is 24.0 Å². The van der Waals surface area contributed by atoms with Crippen LogP contribution < -0.4 is 5.73 Å². The molecule has 6 nitrogen and oxygen atoms in total. The van der Waals surface area contributed by atoms with Crippen LogP contribution in [0.5, 0.6) is 0 Å². The molecule has 0 saturated carbocycles. The number of pyridine rings is 1. The number of nitriles is 2. The quantitative estimate of drug-likeness (QED) is 0.792. The van der Waals surface area contributed by atoms with Gasteiger partial charge in [-0.2, -0.15) is 10.5 Å². The highest BCUT2D eigenvalue weighted by Gasteiger charge is 2.23. The third-order valence-corrected chi connectivity index (χ3v) is 5.55. The van der Waals surface area contributed by atoms with Gasteiger partial charge < -0.3 is 10.6 Å². The van der Waals surface area contributed by atoms with Crippen molar-refractivity contribution in [2.45, 2.75) is 17.9 Å². The van der Waals surface area contributed by atoms with Crippen molar-refractivity contribution in [3.05, 3.63) is 40.4 Å². The van der Waals surface area contributed by atoms with Gasteiger partial charge in [0.25, 0.3) is 0 Å². The minimum atomic E-state index is 0.0131. The molecule has 2 N–H and O–H groups in total. The lowest BCUT2D eigenvalue weighted by Gasteiger charge is -2.16. The molecule has 1 saturated heterocycles. The van der Waals surface area contributed by atoms with Gasteiger partial charge in [-0.3, -0.25) is 4.79 Å². The van der Waals surface area contributed by atoms with E-state index in [1.54, 1.807) is 24.3 Å². The van der Waals surface area contributed by atoms with Crippen LogP contribution in [0.2, 0.25) is 5.02 Å². The molecule has 0 unspecified atom stereocenters. The summed E-state index contributed by atoms with van der Waals surface area (Å²) in [5, 5.41) is 20.1. The number of carbonyl (C=O) groups is 1. The molecule has 27 heavy (non-hydrogen) atoms.